The van der Waals surface area contributed by atoms with E-state index in [4.69, 9.17) is 23.2 Å². The fourth-order valence-corrected chi connectivity index (χ4v) is 4.43. The van der Waals surface area contributed by atoms with Crippen molar-refractivity contribution in [2.24, 2.45) is 0 Å². The number of halogens is 2. The number of rotatable bonds is 4. The third kappa shape index (κ3) is 3.79. The van der Waals surface area contributed by atoms with Crippen LogP contribution in [0.5, 0.6) is 0 Å². The van der Waals surface area contributed by atoms with Gasteiger partial charge in [0.1, 0.15) is 11.5 Å². The summed E-state index contributed by atoms with van der Waals surface area (Å²) in [6.45, 7) is 0. The first-order chi connectivity index (χ1) is 15.5. The largest absolute Gasteiger partial charge is 0.390 e. The Morgan fingerprint density at radius 3 is 2.50 bits per heavy atom. The number of amides is 1. The van der Waals surface area contributed by atoms with Gasteiger partial charge in [-0.05, 0) is 47.5 Å². The van der Waals surface area contributed by atoms with Gasteiger partial charge in [0.05, 0.1) is 17.2 Å². The number of hydrogen-bond acceptors (Lipinski definition) is 3. The van der Waals surface area contributed by atoms with Crippen LogP contribution in [0.2, 0.25) is 10.0 Å². The molecule has 1 aliphatic rings. The van der Waals surface area contributed by atoms with Crippen molar-refractivity contribution in [3.63, 3.8) is 0 Å². The van der Waals surface area contributed by atoms with Gasteiger partial charge in [-0.2, -0.15) is 0 Å². The highest BCUT2D eigenvalue weighted by molar-refractivity contribution is 6.33. The summed E-state index contributed by atoms with van der Waals surface area (Å²) in [5, 5.41) is 14.6. The van der Waals surface area contributed by atoms with Crippen molar-refractivity contribution in [3.8, 4) is 17.1 Å². The lowest BCUT2D eigenvalue weighted by molar-refractivity contribution is 0.0854. The molecular weight excluding hydrogens is 445 g/mol. The van der Waals surface area contributed by atoms with E-state index in [1.54, 1.807) is 24.4 Å². The summed E-state index contributed by atoms with van der Waals surface area (Å²) in [6.07, 6.45) is 1.49. The Morgan fingerprint density at radius 2 is 1.72 bits per heavy atom. The third-order valence-electron chi connectivity index (χ3n) is 5.65. The monoisotopic (exact) mass is 463 g/mol. The lowest BCUT2D eigenvalue weighted by atomic mass is 10.1. The summed E-state index contributed by atoms with van der Waals surface area (Å²) in [5.74, 6) is 0.169. The van der Waals surface area contributed by atoms with E-state index in [0.29, 0.717) is 27.9 Å². The van der Waals surface area contributed by atoms with Crippen LogP contribution >= 0.6 is 23.2 Å². The zero-order valence-electron chi connectivity index (χ0n) is 16.9. The second-order valence-electron chi connectivity index (χ2n) is 7.70. The van der Waals surface area contributed by atoms with Crippen LogP contribution in [0.15, 0.2) is 79.0 Å². The molecule has 0 radical (unpaired) electrons. The molecule has 0 saturated carbocycles. The van der Waals surface area contributed by atoms with Crippen molar-refractivity contribution in [1.29, 1.82) is 0 Å². The number of benzene rings is 3. The van der Waals surface area contributed by atoms with Gasteiger partial charge in [0, 0.05) is 28.9 Å². The Labute approximate surface area is 195 Å². The van der Waals surface area contributed by atoms with Gasteiger partial charge in [0.2, 0.25) is 0 Å². The second kappa shape index (κ2) is 8.43. The van der Waals surface area contributed by atoms with E-state index in [9.17, 15) is 9.90 Å². The van der Waals surface area contributed by atoms with Crippen molar-refractivity contribution < 1.29 is 9.90 Å². The molecular formula is C25H19Cl2N3O2. The van der Waals surface area contributed by atoms with E-state index < -0.39 is 12.1 Å². The number of aromatic nitrogens is 2. The number of hydrogen-bond donors (Lipinski definition) is 2. The highest BCUT2D eigenvalue weighted by Crippen LogP contribution is 2.33. The second-order valence-corrected chi connectivity index (χ2v) is 8.54. The Balaban J connectivity index is 1.53. The molecule has 2 atom stereocenters. The van der Waals surface area contributed by atoms with E-state index >= 15 is 0 Å². The molecule has 0 spiro atoms. The lowest BCUT2D eigenvalue weighted by Crippen LogP contribution is -2.34. The molecule has 1 amide bonds. The summed E-state index contributed by atoms with van der Waals surface area (Å²) in [5.41, 5.74) is 3.69. The van der Waals surface area contributed by atoms with E-state index in [1.165, 1.54) is 0 Å². The molecule has 4 aromatic rings. The minimum atomic E-state index is -0.683. The third-order valence-corrected chi connectivity index (χ3v) is 6.23. The molecule has 0 fully saturated rings. The Hall–Kier alpha value is -3.12. The highest BCUT2D eigenvalue weighted by Gasteiger charge is 2.32. The van der Waals surface area contributed by atoms with Gasteiger partial charge in [-0.25, -0.2) is 4.98 Å². The van der Waals surface area contributed by atoms with Crippen LogP contribution in [0.4, 0.5) is 0 Å². The predicted molar refractivity (Wildman–Crippen MR) is 125 cm³/mol. The summed E-state index contributed by atoms with van der Waals surface area (Å²) in [7, 11) is 0. The smallest absolute Gasteiger partial charge is 0.272 e. The minimum Gasteiger partial charge on any atom is -0.390 e. The molecule has 1 aromatic heterocycles. The van der Waals surface area contributed by atoms with Crippen LogP contribution in [0.3, 0.4) is 0 Å². The number of aliphatic hydroxyl groups is 1. The zero-order valence-corrected chi connectivity index (χ0v) is 18.4. The first-order valence-corrected chi connectivity index (χ1v) is 10.9. The molecule has 160 valence electrons. The van der Waals surface area contributed by atoms with Gasteiger partial charge >= 0.3 is 0 Å². The molecule has 5 nitrogen and oxygen atoms in total. The molecule has 2 N–H and O–H groups in total. The standard InChI is InChI=1S/C25H19Cl2N3O2/c26-16-9-11-17(12-10-16)30-14-21(28-24(30)19-7-3-4-8-20(19)27)25(32)29-23-18-6-2-1-5-15(18)13-22(23)31/h1-12,14,22-23,31H,13H2,(H,29,32)/t22-,23+/m0/s1. The van der Waals surface area contributed by atoms with E-state index in [-0.39, 0.29) is 11.6 Å². The quantitative estimate of drug-likeness (QED) is 0.435. The van der Waals surface area contributed by atoms with Crippen LogP contribution < -0.4 is 5.32 Å². The Morgan fingerprint density at radius 1 is 1.00 bits per heavy atom. The Bertz CT molecular complexity index is 1300. The molecule has 1 aliphatic carbocycles. The molecule has 0 saturated heterocycles. The number of nitrogens with one attached hydrogen (secondary N) is 1. The zero-order chi connectivity index (χ0) is 22.2. The van der Waals surface area contributed by atoms with E-state index in [0.717, 1.165) is 16.8 Å². The highest BCUT2D eigenvalue weighted by atomic mass is 35.5. The summed E-state index contributed by atoms with van der Waals surface area (Å²) in [4.78, 5) is 17.8. The molecule has 0 unspecified atom stereocenters. The molecule has 1 heterocycles. The minimum absolute atomic E-state index is 0.228. The van der Waals surface area contributed by atoms with E-state index in [1.807, 2.05) is 59.2 Å². The number of imidazole rings is 1. The summed E-state index contributed by atoms with van der Waals surface area (Å²) < 4.78 is 1.81. The average molecular weight is 464 g/mol. The van der Waals surface area contributed by atoms with Crippen LogP contribution in [-0.2, 0) is 6.42 Å². The number of carbonyl (C=O) groups is 1. The van der Waals surface area contributed by atoms with Gasteiger partial charge in [-0.1, -0.05) is 59.6 Å². The van der Waals surface area contributed by atoms with Crippen molar-refractivity contribution in [3.05, 3.63) is 106 Å². The maximum atomic E-state index is 13.2. The SMILES string of the molecule is O=C(N[C@@H]1c2ccccc2C[C@@H]1O)c1cn(-c2ccc(Cl)cc2)c(-c2ccccc2Cl)n1. The van der Waals surface area contributed by atoms with Crippen LogP contribution in [-0.4, -0.2) is 26.7 Å². The van der Waals surface area contributed by atoms with Crippen molar-refractivity contribution in [2.75, 3.05) is 0 Å². The molecule has 5 rings (SSSR count). The van der Waals surface area contributed by atoms with Gasteiger partial charge in [-0.3, -0.25) is 9.36 Å². The molecule has 32 heavy (non-hydrogen) atoms. The first-order valence-electron chi connectivity index (χ1n) is 10.2. The number of nitrogens with zero attached hydrogens (tertiary/aromatic N) is 2. The lowest BCUT2D eigenvalue weighted by Gasteiger charge is -2.17. The fraction of sp³-hybridized carbons (Fsp3) is 0.120. The summed E-state index contributed by atoms with van der Waals surface area (Å²) >= 11 is 12.5. The molecule has 0 aliphatic heterocycles. The summed E-state index contributed by atoms with van der Waals surface area (Å²) in [6, 6.07) is 21.8. The van der Waals surface area contributed by atoms with Crippen molar-refractivity contribution in [1.82, 2.24) is 14.9 Å². The predicted octanol–water partition coefficient (Wildman–Crippen LogP) is 5.23. The normalized spacial score (nSPS) is 17.2. The van der Waals surface area contributed by atoms with E-state index in [2.05, 4.69) is 10.3 Å². The molecule has 3 aromatic carbocycles. The maximum Gasteiger partial charge on any atom is 0.272 e. The molecule has 7 heteroatoms. The average Bonchev–Trinajstić information content (AvgIpc) is 3.36. The van der Waals surface area contributed by atoms with Crippen LogP contribution in [0, 0.1) is 0 Å². The number of fused-ring (bicyclic) bond motifs is 1. The van der Waals surface area contributed by atoms with Crippen LogP contribution in [0.25, 0.3) is 17.1 Å². The van der Waals surface area contributed by atoms with Crippen LogP contribution in [0.1, 0.15) is 27.7 Å². The van der Waals surface area contributed by atoms with Crippen molar-refractivity contribution in [2.45, 2.75) is 18.6 Å². The topological polar surface area (TPSA) is 67.2 Å². The van der Waals surface area contributed by atoms with Gasteiger partial charge in [0.25, 0.3) is 5.91 Å². The number of carbonyl (C=O) groups excluding carboxylic acids is 1. The van der Waals surface area contributed by atoms with Gasteiger partial charge in [0.15, 0.2) is 0 Å². The van der Waals surface area contributed by atoms with Crippen molar-refractivity contribution >= 4 is 29.1 Å². The first kappa shape index (κ1) is 20.8. The fourth-order valence-electron chi connectivity index (χ4n) is 4.08. The van der Waals surface area contributed by atoms with Gasteiger partial charge in [-0.15, -0.1) is 0 Å². The Kier molecular flexibility index (Phi) is 5.47. The maximum absolute atomic E-state index is 13.2. The van der Waals surface area contributed by atoms with Gasteiger partial charge < -0.3 is 10.4 Å². The number of aliphatic hydroxyl groups excluding tert-OH is 1. The molecule has 0 bridgehead atoms.